The number of rotatable bonds is 2. The number of hydrogen-bond acceptors (Lipinski definition) is 5. The zero-order chi connectivity index (χ0) is 17.7. The maximum absolute atomic E-state index is 12.1. The molecule has 1 saturated heterocycles. The molecule has 1 spiro atoms. The minimum absolute atomic E-state index is 0. The van der Waals surface area contributed by atoms with Gasteiger partial charge < -0.3 is 20.1 Å². The molecule has 5 atom stereocenters. The molecule has 2 aliphatic heterocycles. The predicted octanol–water partition coefficient (Wildman–Crippen LogP) is 2.13. The molecule has 0 radical (unpaired) electrons. The van der Waals surface area contributed by atoms with E-state index in [0.29, 0.717) is 18.6 Å². The van der Waals surface area contributed by atoms with Gasteiger partial charge >= 0.3 is 0 Å². The zero-order valence-corrected chi connectivity index (χ0v) is 16.2. The first kappa shape index (κ1) is 18.0. The van der Waals surface area contributed by atoms with Crippen LogP contribution in [-0.2, 0) is 11.8 Å². The summed E-state index contributed by atoms with van der Waals surface area (Å²) in [5, 5.41) is 33.2. The summed E-state index contributed by atoms with van der Waals surface area (Å²) in [5.74, 6) is 1.42. The van der Waals surface area contributed by atoms with E-state index in [4.69, 9.17) is 4.74 Å². The molecule has 2 heterocycles. The van der Waals surface area contributed by atoms with Crippen molar-refractivity contribution >= 4 is 12.4 Å². The first-order valence-corrected chi connectivity index (χ1v) is 10.2. The second-order valence-corrected chi connectivity index (χ2v) is 9.25. The molecule has 3 unspecified atom stereocenters. The lowest BCUT2D eigenvalue weighted by molar-refractivity contribution is -0.209. The molecule has 148 valence electrons. The average molecular weight is 394 g/mol. The smallest absolute Gasteiger partial charge is 0.165 e. The van der Waals surface area contributed by atoms with Crippen LogP contribution < -0.4 is 4.74 Å². The van der Waals surface area contributed by atoms with E-state index in [2.05, 4.69) is 4.90 Å². The predicted molar refractivity (Wildman–Crippen MR) is 103 cm³/mol. The average Bonchev–Trinajstić information content (AvgIpc) is 2.93. The Hall–Kier alpha value is -1.01. The molecule has 3 fully saturated rings. The van der Waals surface area contributed by atoms with E-state index in [0.717, 1.165) is 37.4 Å². The molecule has 1 aromatic rings. The van der Waals surface area contributed by atoms with Gasteiger partial charge in [-0.3, -0.25) is 4.90 Å². The number of aromatic hydroxyl groups is 1. The highest BCUT2D eigenvalue weighted by atomic mass is 35.5. The summed E-state index contributed by atoms with van der Waals surface area (Å²) in [7, 11) is 0. The van der Waals surface area contributed by atoms with Gasteiger partial charge in [0.15, 0.2) is 11.5 Å². The Labute approximate surface area is 165 Å². The normalized spacial score (nSPS) is 41.9. The van der Waals surface area contributed by atoms with Gasteiger partial charge in [0.05, 0.1) is 17.1 Å². The van der Waals surface area contributed by atoms with E-state index in [1.165, 1.54) is 24.8 Å². The standard InChI is InChI=1S/C21H27NO4.ClH/c23-14-5-4-13-10-16-21(25)7-6-15(24)19-20(21,17(13)18(14)26-19)8-9-22(16)11-12-2-1-3-12;/h4-5,12,15-16,19,23-25H,1-3,6-11H2;1H/t15?,16?,19?,20-,21-;/m0./s1. The van der Waals surface area contributed by atoms with Crippen molar-refractivity contribution in [2.45, 2.75) is 74.2 Å². The minimum Gasteiger partial charge on any atom is -0.504 e. The summed E-state index contributed by atoms with van der Waals surface area (Å²) in [6, 6.07) is 3.80. The van der Waals surface area contributed by atoms with E-state index in [9.17, 15) is 15.3 Å². The van der Waals surface area contributed by atoms with Crippen molar-refractivity contribution in [3.63, 3.8) is 0 Å². The van der Waals surface area contributed by atoms with Crippen molar-refractivity contribution in [2.24, 2.45) is 5.92 Å². The summed E-state index contributed by atoms with van der Waals surface area (Å²) in [6.07, 6.45) is 5.68. The SMILES string of the molecule is Cl.Oc1ccc2c3c1OC1C(O)CC[C@]4(O)C(C2)N(CC2CCC2)CC[C@]314. The third kappa shape index (κ3) is 2.01. The van der Waals surface area contributed by atoms with Gasteiger partial charge in [-0.25, -0.2) is 0 Å². The van der Waals surface area contributed by atoms with E-state index in [-0.39, 0.29) is 24.2 Å². The maximum atomic E-state index is 12.1. The Kier molecular flexibility index (Phi) is 3.85. The number of halogens is 1. The summed E-state index contributed by atoms with van der Waals surface area (Å²) < 4.78 is 6.16. The first-order valence-electron chi connectivity index (χ1n) is 10.2. The fourth-order valence-electron chi connectivity index (χ4n) is 6.83. The molecule has 2 saturated carbocycles. The lowest BCUT2D eigenvalue weighted by Gasteiger charge is -2.64. The fraction of sp³-hybridized carbons (Fsp3) is 0.714. The van der Waals surface area contributed by atoms with Gasteiger partial charge in [0.2, 0.25) is 0 Å². The van der Waals surface area contributed by atoms with Crippen LogP contribution in [0.3, 0.4) is 0 Å². The van der Waals surface area contributed by atoms with Crippen LogP contribution in [0.15, 0.2) is 12.1 Å². The third-order valence-corrected chi connectivity index (χ3v) is 8.26. The molecule has 27 heavy (non-hydrogen) atoms. The summed E-state index contributed by atoms with van der Waals surface area (Å²) in [4.78, 5) is 2.53. The number of likely N-dealkylation sites (tertiary alicyclic amines) is 1. The van der Waals surface area contributed by atoms with E-state index < -0.39 is 23.2 Å². The highest BCUT2D eigenvalue weighted by Gasteiger charge is 2.72. The molecule has 2 bridgehead atoms. The van der Waals surface area contributed by atoms with E-state index >= 15 is 0 Å². The topological polar surface area (TPSA) is 73.2 Å². The molecular formula is C21H28ClNO4. The molecule has 3 aliphatic carbocycles. The zero-order valence-electron chi connectivity index (χ0n) is 15.4. The summed E-state index contributed by atoms with van der Waals surface area (Å²) in [6.45, 7) is 2.02. The van der Waals surface area contributed by atoms with E-state index in [1.54, 1.807) is 6.07 Å². The monoisotopic (exact) mass is 393 g/mol. The van der Waals surface area contributed by atoms with Crippen LogP contribution in [0, 0.1) is 5.92 Å². The molecule has 1 aromatic carbocycles. The van der Waals surface area contributed by atoms with Gasteiger partial charge in [-0.15, -0.1) is 12.4 Å². The van der Waals surface area contributed by atoms with Gasteiger partial charge in [-0.2, -0.15) is 0 Å². The van der Waals surface area contributed by atoms with Crippen molar-refractivity contribution < 1.29 is 20.1 Å². The van der Waals surface area contributed by atoms with Crippen molar-refractivity contribution in [1.29, 1.82) is 0 Å². The third-order valence-electron chi connectivity index (χ3n) is 8.26. The number of aliphatic hydroxyl groups is 2. The Morgan fingerprint density at radius 1 is 1.19 bits per heavy atom. The van der Waals surface area contributed by atoms with Gasteiger partial charge in [-0.05, 0) is 62.6 Å². The molecule has 5 aliphatic rings. The number of phenols is 1. The molecule has 6 heteroatoms. The highest BCUT2D eigenvalue weighted by molar-refractivity contribution is 5.85. The van der Waals surface area contributed by atoms with Gasteiger partial charge in [0.25, 0.3) is 0 Å². The number of aliphatic hydroxyl groups excluding tert-OH is 1. The fourth-order valence-corrected chi connectivity index (χ4v) is 6.83. The number of nitrogens with zero attached hydrogens (tertiary/aromatic N) is 1. The van der Waals surface area contributed by atoms with Gasteiger partial charge in [-0.1, -0.05) is 12.5 Å². The van der Waals surface area contributed by atoms with Crippen molar-refractivity contribution in [3.8, 4) is 11.5 Å². The number of benzene rings is 1. The maximum Gasteiger partial charge on any atom is 0.165 e. The van der Waals surface area contributed by atoms with Crippen LogP contribution in [-0.4, -0.2) is 57.2 Å². The molecule has 0 aromatic heterocycles. The quantitative estimate of drug-likeness (QED) is 0.717. The molecule has 3 N–H and O–H groups in total. The highest BCUT2D eigenvalue weighted by Crippen LogP contribution is 2.65. The van der Waals surface area contributed by atoms with Crippen LogP contribution in [0.1, 0.15) is 49.7 Å². The van der Waals surface area contributed by atoms with Crippen molar-refractivity contribution in [1.82, 2.24) is 4.90 Å². The number of piperidine rings is 1. The van der Waals surface area contributed by atoms with Gasteiger partial charge in [0.1, 0.15) is 6.10 Å². The molecule has 6 rings (SSSR count). The van der Waals surface area contributed by atoms with Crippen LogP contribution in [0.2, 0.25) is 0 Å². The number of hydrogen-bond donors (Lipinski definition) is 3. The van der Waals surface area contributed by atoms with Crippen LogP contribution in [0.25, 0.3) is 0 Å². The number of phenolic OH excluding ortho intramolecular Hbond substituents is 1. The molecule has 5 nitrogen and oxygen atoms in total. The van der Waals surface area contributed by atoms with Crippen LogP contribution in [0.4, 0.5) is 0 Å². The summed E-state index contributed by atoms with van der Waals surface area (Å²) >= 11 is 0. The molecular weight excluding hydrogens is 366 g/mol. The summed E-state index contributed by atoms with van der Waals surface area (Å²) in [5.41, 5.74) is 0.712. The van der Waals surface area contributed by atoms with Crippen LogP contribution >= 0.6 is 12.4 Å². The Morgan fingerprint density at radius 2 is 2.00 bits per heavy atom. The second-order valence-electron chi connectivity index (χ2n) is 9.25. The lowest BCUT2D eigenvalue weighted by atomic mass is 9.48. The van der Waals surface area contributed by atoms with Crippen LogP contribution in [0.5, 0.6) is 11.5 Å². The van der Waals surface area contributed by atoms with Gasteiger partial charge in [0, 0.05) is 18.2 Å². The van der Waals surface area contributed by atoms with E-state index in [1.807, 2.05) is 6.07 Å². The Bertz CT molecular complexity index is 784. The Morgan fingerprint density at radius 3 is 2.74 bits per heavy atom. The van der Waals surface area contributed by atoms with Crippen molar-refractivity contribution in [2.75, 3.05) is 13.1 Å². The van der Waals surface area contributed by atoms with Crippen molar-refractivity contribution in [3.05, 3.63) is 23.3 Å². The Balaban J connectivity index is 0.00000160. The number of ether oxygens (including phenoxy) is 1. The molecule has 0 amide bonds. The largest absolute Gasteiger partial charge is 0.504 e. The first-order chi connectivity index (χ1) is 12.5. The lowest BCUT2D eigenvalue weighted by Crippen LogP contribution is -2.77. The minimum atomic E-state index is -0.884. The second kappa shape index (κ2) is 5.76.